The van der Waals surface area contributed by atoms with Crippen molar-refractivity contribution in [2.75, 3.05) is 27.4 Å². The van der Waals surface area contributed by atoms with Gasteiger partial charge < -0.3 is 14.2 Å². The number of hydrogen-bond donors (Lipinski definition) is 1. The van der Waals surface area contributed by atoms with Crippen molar-refractivity contribution in [1.82, 2.24) is 4.72 Å². The molecule has 0 radical (unpaired) electrons. The lowest BCUT2D eigenvalue weighted by atomic mass is 10.1. The van der Waals surface area contributed by atoms with E-state index in [9.17, 15) is 8.42 Å². The summed E-state index contributed by atoms with van der Waals surface area (Å²) in [6, 6.07) is 12.2. The Hall–Kier alpha value is -2.25. The molecule has 0 aliphatic heterocycles. The number of methoxy groups -OCH3 is 2. The molecule has 0 aliphatic rings. The molecule has 0 heterocycles. The van der Waals surface area contributed by atoms with Crippen molar-refractivity contribution in [3.05, 3.63) is 48.0 Å². The van der Waals surface area contributed by atoms with Gasteiger partial charge in [-0.1, -0.05) is 25.1 Å². The average Bonchev–Trinajstić information content (AvgIpc) is 2.64. The van der Waals surface area contributed by atoms with Crippen molar-refractivity contribution in [3.8, 4) is 17.2 Å². The Morgan fingerprint density at radius 2 is 1.68 bits per heavy atom. The van der Waals surface area contributed by atoms with Gasteiger partial charge in [-0.15, -0.1) is 0 Å². The van der Waals surface area contributed by atoms with Crippen molar-refractivity contribution >= 4 is 10.0 Å². The molecule has 0 amide bonds. The molecule has 0 atom stereocenters. The van der Waals surface area contributed by atoms with Gasteiger partial charge in [0, 0.05) is 12.6 Å². The van der Waals surface area contributed by atoms with Crippen LogP contribution in [0.2, 0.25) is 0 Å². The van der Waals surface area contributed by atoms with Crippen molar-refractivity contribution in [3.63, 3.8) is 0 Å². The van der Waals surface area contributed by atoms with Gasteiger partial charge in [0.15, 0.2) is 11.5 Å². The van der Waals surface area contributed by atoms with Gasteiger partial charge in [-0.25, -0.2) is 13.1 Å². The fraction of sp³-hybridized carbons (Fsp3) is 0.333. The van der Waals surface area contributed by atoms with Gasteiger partial charge in [-0.3, -0.25) is 0 Å². The van der Waals surface area contributed by atoms with Gasteiger partial charge in [-0.2, -0.15) is 0 Å². The van der Waals surface area contributed by atoms with E-state index in [4.69, 9.17) is 14.2 Å². The molecular weight excluding hydrogens is 342 g/mol. The van der Waals surface area contributed by atoms with E-state index in [2.05, 4.69) is 4.72 Å². The molecule has 0 spiro atoms. The van der Waals surface area contributed by atoms with Crippen LogP contribution >= 0.6 is 0 Å². The maximum absolute atomic E-state index is 12.4. The van der Waals surface area contributed by atoms with E-state index < -0.39 is 10.0 Å². The number of sulfonamides is 1. The van der Waals surface area contributed by atoms with Gasteiger partial charge in [0.1, 0.15) is 12.4 Å². The van der Waals surface area contributed by atoms with E-state index in [1.807, 2.05) is 31.2 Å². The Kier molecular flexibility index (Phi) is 6.66. The quantitative estimate of drug-likeness (QED) is 0.692. The second-order valence-corrected chi connectivity index (χ2v) is 6.99. The molecule has 0 unspecified atom stereocenters. The lowest BCUT2D eigenvalue weighted by Crippen LogP contribution is -2.28. The number of para-hydroxylation sites is 1. The van der Waals surface area contributed by atoms with E-state index in [1.165, 1.54) is 26.4 Å². The summed E-state index contributed by atoms with van der Waals surface area (Å²) in [5.74, 6) is 1.61. The lowest BCUT2D eigenvalue weighted by Gasteiger charge is -2.12. The van der Waals surface area contributed by atoms with E-state index >= 15 is 0 Å². The third kappa shape index (κ3) is 4.87. The SMILES string of the molecule is CCc1ccccc1OCCNS(=O)(=O)c1ccc(OC)c(OC)c1. The first kappa shape index (κ1) is 19.1. The molecular formula is C18H23NO5S. The van der Waals surface area contributed by atoms with Gasteiger partial charge in [0.25, 0.3) is 0 Å². The summed E-state index contributed by atoms with van der Waals surface area (Å²) < 4.78 is 43.2. The Balaban J connectivity index is 1.98. The molecule has 0 aromatic heterocycles. The van der Waals surface area contributed by atoms with Crippen LogP contribution in [0, 0.1) is 0 Å². The summed E-state index contributed by atoms with van der Waals surface area (Å²) in [4.78, 5) is 0.110. The molecule has 0 aliphatic carbocycles. The predicted molar refractivity (Wildman–Crippen MR) is 96.0 cm³/mol. The summed E-state index contributed by atoms with van der Waals surface area (Å²) in [5, 5.41) is 0. The zero-order chi connectivity index (χ0) is 18.3. The van der Waals surface area contributed by atoms with Crippen LogP contribution in [0.5, 0.6) is 17.2 Å². The third-order valence-electron chi connectivity index (χ3n) is 3.67. The van der Waals surface area contributed by atoms with Gasteiger partial charge >= 0.3 is 0 Å². The normalized spacial score (nSPS) is 11.2. The van der Waals surface area contributed by atoms with Crippen molar-refractivity contribution in [1.29, 1.82) is 0 Å². The molecule has 0 saturated carbocycles. The summed E-state index contributed by atoms with van der Waals surface area (Å²) in [7, 11) is -0.699. The summed E-state index contributed by atoms with van der Waals surface area (Å²) in [5.41, 5.74) is 1.09. The second kappa shape index (κ2) is 8.73. The topological polar surface area (TPSA) is 73.9 Å². The van der Waals surface area contributed by atoms with Crippen LogP contribution < -0.4 is 18.9 Å². The fourth-order valence-electron chi connectivity index (χ4n) is 2.34. The van der Waals surface area contributed by atoms with Crippen molar-refractivity contribution < 1.29 is 22.6 Å². The predicted octanol–water partition coefficient (Wildman–Crippen LogP) is 2.62. The monoisotopic (exact) mass is 365 g/mol. The molecule has 0 bridgehead atoms. The Bertz CT molecular complexity index is 805. The fourth-order valence-corrected chi connectivity index (χ4v) is 3.37. The van der Waals surface area contributed by atoms with E-state index in [0.29, 0.717) is 11.5 Å². The number of nitrogens with one attached hydrogen (secondary N) is 1. The first-order valence-corrected chi connectivity index (χ1v) is 9.42. The Labute approximate surface area is 148 Å². The number of hydrogen-bond acceptors (Lipinski definition) is 5. The summed E-state index contributed by atoms with van der Waals surface area (Å²) >= 11 is 0. The largest absolute Gasteiger partial charge is 0.493 e. The van der Waals surface area contributed by atoms with Gasteiger partial charge in [-0.05, 0) is 30.2 Å². The third-order valence-corrected chi connectivity index (χ3v) is 5.13. The standard InChI is InChI=1S/C18H23NO5S/c1-4-14-7-5-6-8-16(14)24-12-11-19-25(20,21)15-9-10-17(22-2)18(13-15)23-3/h5-10,13,19H,4,11-12H2,1-3H3. The van der Waals surface area contributed by atoms with Crippen LogP contribution in [0.15, 0.2) is 47.4 Å². The summed E-state index contributed by atoms with van der Waals surface area (Å²) in [6.45, 7) is 2.44. The minimum Gasteiger partial charge on any atom is -0.493 e. The molecule has 136 valence electrons. The van der Waals surface area contributed by atoms with Crippen LogP contribution in [0.25, 0.3) is 0 Å². The molecule has 2 aromatic carbocycles. The van der Waals surface area contributed by atoms with Crippen LogP contribution in [-0.2, 0) is 16.4 Å². The second-order valence-electron chi connectivity index (χ2n) is 5.22. The van der Waals surface area contributed by atoms with Crippen LogP contribution in [-0.4, -0.2) is 35.8 Å². The van der Waals surface area contributed by atoms with E-state index in [-0.39, 0.29) is 18.0 Å². The zero-order valence-electron chi connectivity index (χ0n) is 14.6. The minimum absolute atomic E-state index is 0.110. The number of rotatable bonds is 9. The molecule has 2 aromatic rings. The molecule has 2 rings (SSSR count). The van der Waals surface area contributed by atoms with E-state index in [0.717, 1.165) is 17.7 Å². The maximum atomic E-state index is 12.4. The van der Waals surface area contributed by atoms with E-state index in [1.54, 1.807) is 6.07 Å². The number of aryl methyl sites for hydroxylation is 1. The molecule has 1 N–H and O–H groups in total. The Morgan fingerprint density at radius 1 is 0.960 bits per heavy atom. The average molecular weight is 365 g/mol. The lowest BCUT2D eigenvalue weighted by molar-refractivity contribution is 0.319. The van der Waals surface area contributed by atoms with Crippen LogP contribution in [0.1, 0.15) is 12.5 Å². The first-order valence-electron chi connectivity index (χ1n) is 7.94. The Morgan fingerprint density at radius 3 is 2.36 bits per heavy atom. The van der Waals surface area contributed by atoms with Gasteiger partial charge in [0.05, 0.1) is 19.1 Å². The van der Waals surface area contributed by atoms with Gasteiger partial charge in [0.2, 0.25) is 10.0 Å². The molecule has 25 heavy (non-hydrogen) atoms. The van der Waals surface area contributed by atoms with Crippen LogP contribution in [0.3, 0.4) is 0 Å². The highest BCUT2D eigenvalue weighted by molar-refractivity contribution is 7.89. The maximum Gasteiger partial charge on any atom is 0.240 e. The molecule has 7 heteroatoms. The highest BCUT2D eigenvalue weighted by atomic mass is 32.2. The highest BCUT2D eigenvalue weighted by Crippen LogP contribution is 2.29. The minimum atomic E-state index is -3.65. The number of ether oxygens (including phenoxy) is 3. The summed E-state index contributed by atoms with van der Waals surface area (Å²) in [6.07, 6.45) is 0.855. The molecule has 6 nitrogen and oxygen atoms in total. The first-order chi connectivity index (χ1) is 12.0. The van der Waals surface area contributed by atoms with Crippen molar-refractivity contribution in [2.24, 2.45) is 0 Å². The highest BCUT2D eigenvalue weighted by Gasteiger charge is 2.16. The molecule has 0 fully saturated rings. The smallest absolute Gasteiger partial charge is 0.240 e. The van der Waals surface area contributed by atoms with Crippen LogP contribution in [0.4, 0.5) is 0 Å². The zero-order valence-corrected chi connectivity index (χ0v) is 15.4. The molecule has 0 saturated heterocycles. The van der Waals surface area contributed by atoms with Crippen molar-refractivity contribution in [2.45, 2.75) is 18.2 Å². The number of benzene rings is 2.